The third kappa shape index (κ3) is 3.60. The molecule has 1 aliphatic heterocycles. The van der Waals surface area contributed by atoms with Gasteiger partial charge >= 0.3 is 0 Å². The van der Waals surface area contributed by atoms with Crippen LogP contribution in [0.2, 0.25) is 0 Å². The molecule has 1 aromatic rings. The predicted molar refractivity (Wildman–Crippen MR) is 89.4 cm³/mol. The van der Waals surface area contributed by atoms with Crippen LogP contribution in [0.15, 0.2) is 28.0 Å². The highest BCUT2D eigenvalue weighted by atomic mass is 32.2. The lowest BCUT2D eigenvalue weighted by molar-refractivity contribution is 0.155. The Morgan fingerprint density at radius 1 is 1.22 bits per heavy atom. The van der Waals surface area contributed by atoms with E-state index in [-0.39, 0.29) is 21.2 Å². The molecular formula is C15H24N2O4S2. The van der Waals surface area contributed by atoms with E-state index in [1.54, 1.807) is 6.92 Å². The summed E-state index contributed by atoms with van der Waals surface area (Å²) in [5, 5.41) is 0. The maximum Gasteiger partial charge on any atom is 0.243 e. The highest BCUT2D eigenvalue weighted by Gasteiger charge is 2.39. The van der Waals surface area contributed by atoms with E-state index in [0.29, 0.717) is 25.1 Å². The maximum absolute atomic E-state index is 13.0. The van der Waals surface area contributed by atoms with Gasteiger partial charge in [0.15, 0.2) is 9.84 Å². The quantitative estimate of drug-likeness (QED) is 0.872. The Kier molecular flexibility index (Phi) is 4.67. The minimum absolute atomic E-state index is 0.00893. The van der Waals surface area contributed by atoms with Crippen molar-refractivity contribution in [2.24, 2.45) is 11.1 Å². The molecule has 6 nitrogen and oxygen atoms in total. The fourth-order valence-corrected chi connectivity index (χ4v) is 5.36. The summed E-state index contributed by atoms with van der Waals surface area (Å²) in [5.74, 6) is 0. The first-order chi connectivity index (χ1) is 10.4. The van der Waals surface area contributed by atoms with E-state index in [4.69, 9.17) is 5.73 Å². The predicted octanol–water partition coefficient (Wildman–Crippen LogP) is 1.15. The Hall–Kier alpha value is -0.960. The van der Waals surface area contributed by atoms with Gasteiger partial charge in [0.1, 0.15) is 0 Å². The average molecular weight is 361 g/mol. The zero-order valence-electron chi connectivity index (χ0n) is 13.9. The van der Waals surface area contributed by atoms with E-state index < -0.39 is 19.9 Å². The molecule has 23 heavy (non-hydrogen) atoms. The smallest absolute Gasteiger partial charge is 0.243 e. The fraction of sp³-hybridized carbons (Fsp3) is 0.600. The molecule has 8 heteroatoms. The summed E-state index contributed by atoms with van der Waals surface area (Å²) in [6, 6.07) is 4.16. The van der Waals surface area contributed by atoms with Crippen molar-refractivity contribution in [3.05, 3.63) is 23.8 Å². The standard InChI is InChI=1S/C15H24N2O4S2/c1-11-5-6-12(22(4,18)19)9-13(11)23(20,21)17-8-7-14(16)15(2,3)10-17/h5-6,9,14H,7-8,10,16H2,1-4H3. The molecule has 2 N–H and O–H groups in total. The van der Waals surface area contributed by atoms with Crippen LogP contribution in [0, 0.1) is 12.3 Å². The van der Waals surface area contributed by atoms with Crippen LogP contribution in [-0.2, 0) is 19.9 Å². The van der Waals surface area contributed by atoms with Crippen molar-refractivity contribution in [2.75, 3.05) is 19.3 Å². The molecule has 0 amide bonds. The van der Waals surface area contributed by atoms with Crippen LogP contribution in [0.3, 0.4) is 0 Å². The summed E-state index contributed by atoms with van der Waals surface area (Å²) in [6.45, 7) is 6.21. The zero-order valence-corrected chi connectivity index (χ0v) is 15.5. The van der Waals surface area contributed by atoms with Gasteiger partial charge in [-0.05, 0) is 36.5 Å². The van der Waals surface area contributed by atoms with Crippen molar-refractivity contribution in [1.82, 2.24) is 4.31 Å². The zero-order chi connectivity index (χ0) is 17.6. The summed E-state index contributed by atoms with van der Waals surface area (Å²) in [4.78, 5) is 0.0568. The number of sulfone groups is 1. The lowest BCUT2D eigenvalue weighted by Crippen LogP contribution is -2.53. The van der Waals surface area contributed by atoms with Crippen molar-refractivity contribution < 1.29 is 16.8 Å². The summed E-state index contributed by atoms with van der Waals surface area (Å²) in [6.07, 6.45) is 1.65. The van der Waals surface area contributed by atoms with Crippen LogP contribution in [-0.4, -0.2) is 46.5 Å². The second-order valence-corrected chi connectivity index (χ2v) is 10.8. The third-order valence-electron chi connectivity index (χ3n) is 4.48. The number of hydrogen-bond acceptors (Lipinski definition) is 5. The van der Waals surface area contributed by atoms with Gasteiger partial charge < -0.3 is 5.73 Å². The number of sulfonamides is 1. The number of piperidine rings is 1. The van der Waals surface area contributed by atoms with Gasteiger partial charge in [0.25, 0.3) is 0 Å². The first kappa shape index (κ1) is 18.4. The number of benzene rings is 1. The normalized spacial score (nSPS) is 22.9. The topological polar surface area (TPSA) is 97.5 Å². The number of rotatable bonds is 3. The Labute approximate surface area is 138 Å². The summed E-state index contributed by atoms with van der Waals surface area (Å²) in [5.41, 5.74) is 6.27. The van der Waals surface area contributed by atoms with Gasteiger partial charge in [-0.3, -0.25) is 0 Å². The molecule has 130 valence electrons. The Morgan fingerprint density at radius 2 is 1.83 bits per heavy atom. The van der Waals surface area contributed by atoms with Crippen LogP contribution >= 0.6 is 0 Å². The van der Waals surface area contributed by atoms with Crippen molar-refractivity contribution in [3.63, 3.8) is 0 Å². The van der Waals surface area contributed by atoms with Crippen LogP contribution in [0.1, 0.15) is 25.8 Å². The van der Waals surface area contributed by atoms with Crippen molar-refractivity contribution in [1.29, 1.82) is 0 Å². The second-order valence-electron chi connectivity index (χ2n) is 6.92. The molecule has 1 heterocycles. The summed E-state index contributed by atoms with van der Waals surface area (Å²) < 4.78 is 50.8. The summed E-state index contributed by atoms with van der Waals surface area (Å²) in [7, 11) is -7.22. The monoisotopic (exact) mass is 360 g/mol. The molecule has 0 bridgehead atoms. The van der Waals surface area contributed by atoms with E-state index in [2.05, 4.69) is 0 Å². The van der Waals surface area contributed by atoms with E-state index in [1.165, 1.54) is 22.5 Å². The lowest BCUT2D eigenvalue weighted by atomic mass is 9.81. The molecule has 1 atom stereocenters. The van der Waals surface area contributed by atoms with Crippen molar-refractivity contribution in [2.45, 2.75) is 43.0 Å². The van der Waals surface area contributed by atoms with E-state index in [0.717, 1.165) is 6.26 Å². The van der Waals surface area contributed by atoms with Crippen LogP contribution in [0.25, 0.3) is 0 Å². The van der Waals surface area contributed by atoms with Gasteiger partial charge in [-0.2, -0.15) is 4.31 Å². The molecule has 1 unspecified atom stereocenters. The molecular weight excluding hydrogens is 336 g/mol. The van der Waals surface area contributed by atoms with Gasteiger partial charge in [0.2, 0.25) is 10.0 Å². The molecule has 1 fully saturated rings. The number of nitrogens with zero attached hydrogens (tertiary/aromatic N) is 1. The summed E-state index contributed by atoms with van der Waals surface area (Å²) >= 11 is 0. The lowest BCUT2D eigenvalue weighted by Gasteiger charge is -2.41. The molecule has 0 aliphatic carbocycles. The molecule has 0 saturated carbocycles. The Bertz CT molecular complexity index is 814. The first-order valence-corrected chi connectivity index (χ1v) is 10.8. The largest absolute Gasteiger partial charge is 0.327 e. The number of nitrogens with two attached hydrogens (primary N) is 1. The molecule has 0 radical (unpaired) electrons. The number of hydrogen-bond donors (Lipinski definition) is 1. The average Bonchev–Trinajstić information content (AvgIpc) is 2.40. The van der Waals surface area contributed by atoms with E-state index in [9.17, 15) is 16.8 Å². The van der Waals surface area contributed by atoms with Gasteiger partial charge in [-0.15, -0.1) is 0 Å². The van der Waals surface area contributed by atoms with Gasteiger partial charge in [0.05, 0.1) is 9.79 Å². The SMILES string of the molecule is Cc1ccc(S(C)(=O)=O)cc1S(=O)(=O)N1CCC(N)C(C)(C)C1. The fourth-order valence-electron chi connectivity index (χ4n) is 2.76. The minimum atomic E-state index is -3.76. The van der Waals surface area contributed by atoms with Crippen molar-refractivity contribution >= 4 is 19.9 Å². The highest BCUT2D eigenvalue weighted by Crippen LogP contribution is 2.32. The maximum atomic E-state index is 13.0. The Morgan fingerprint density at radius 3 is 2.35 bits per heavy atom. The van der Waals surface area contributed by atoms with Crippen LogP contribution in [0.4, 0.5) is 0 Å². The highest BCUT2D eigenvalue weighted by molar-refractivity contribution is 7.91. The van der Waals surface area contributed by atoms with E-state index in [1.807, 2.05) is 13.8 Å². The molecule has 2 rings (SSSR count). The van der Waals surface area contributed by atoms with Crippen molar-refractivity contribution in [3.8, 4) is 0 Å². The second kappa shape index (κ2) is 5.84. The molecule has 1 aromatic carbocycles. The molecule has 0 spiro atoms. The Balaban J connectivity index is 2.48. The number of aryl methyl sites for hydroxylation is 1. The van der Waals surface area contributed by atoms with Gasteiger partial charge in [0, 0.05) is 25.4 Å². The third-order valence-corrected chi connectivity index (χ3v) is 7.58. The molecule has 0 aromatic heterocycles. The van der Waals surface area contributed by atoms with Crippen LogP contribution < -0.4 is 5.73 Å². The van der Waals surface area contributed by atoms with Gasteiger partial charge in [-0.1, -0.05) is 19.9 Å². The van der Waals surface area contributed by atoms with Gasteiger partial charge in [-0.25, -0.2) is 16.8 Å². The molecule has 1 saturated heterocycles. The van der Waals surface area contributed by atoms with Crippen LogP contribution in [0.5, 0.6) is 0 Å². The first-order valence-electron chi connectivity index (χ1n) is 7.42. The van der Waals surface area contributed by atoms with E-state index >= 15 is 0 Å². The minimum Gasteiger partial charge on any atom is -0.327 e. The molecule has 1 aliphatic rings.